The normalized spacial score (nSPS) is 17.6. The number of benzene rings is 1. The summed E-state index contributed by atoms with van der Waals surface area (Å²) in [5.41, 5.74) is 0.838. The lowest BCUT2D eigenvalue weighted by Crippen LogP contribution is -2.24. The summed E-state index contributed by atoms with van der Waals surface area (Å²) in [5.74, 6) is -1.84. The Morgan fingerprint density at radius 1 is 1.35 bits per heavy atom. The Morgan fingerprint density at radius 2 is 2.09 bits per heavy atom. The molecule has 0 radical (unpaired) electrons. The zero-order chi connectivity index (χ0) is 16.4. The summed E-state index contributed by atoms with van der Waals surface area (Å²) in [6, 6.07) is 5.94. The number of aromatic nitrogens is 1. The van der Waals surface area contributed by atoms with Crippen LogP contribution in [0.3, 0.4) is 0 Å². The molecule has 23 heavy (non-hydrogen) atoms. The molecule has 1 fully saturated rings. The number of nitrogens with zero attached hydrogens (tertiary/aromatic N) is 2. The SMILES string of the molecule is COc1cc(F)c(C2CC(=O)N(Cc3cccnc3)C2)c(F)c1. The van der Waals surface area contributed by atoms with Gasteiger partial charge in [-0.3, -0.25) is 9.78 Å². The second-order valence-corrected chi connectivity index (χ2v) is 5.54. The average Bonchev–Trinajstić information content (AvgIpc) is 2.88. The molecule has 2 heterocycles. The van der Waals surface area contributed by atoms with Gasteiger partial charge in [0.15, 0.2) is 0 Å². The molecule has 120 valence electrons. The summed E-state index contributed by atoms with van der Waals surface area (Å²) in [7, 11) is 1.35. The van der Waals surface area contributed by atoms with E-state index < -0.39 is 17.6 Å². The van der Waals surface area contributed by atoms with Crippen LogP contribution in [0, 0.1) is 11.6 Å². The molecule has 4 nitrogen and oxygen atoms in total. The highest BCUT2D eigenvalue weighted by Crippen LogP contribution is 2.34. The quantitative estimate of drug-likeness (QED) is 0.870. The fraction of sp³-hybridized carbons (Fsp3) is 0.294. The number of carbonyl (C=O) groups is 1. The molecule has 0 spiro atoms. The molecule has 0 aliphatic carbocycles. The van der Waals surface area contributed by atoms with Crippen LogP contribution in [0.25, 0.3) is 0 Å². The van der Waals surface area contributed by atoms with E-state index in [9.17, 15) is 13.6 Å². The molecule has 3 rings (SSSR count). The van der Waals surface area contributed by atoms with Crippen molar-refractivity contribution in [2.24, 2.45) is 0 Å². The molecule has 2 aromatic rings. The topological polar surface area (TPSA) is 42.4 Å². The fourth-order valence-corrected chi connectivity index (χ4v) is 2.90. The highest BCUT2D eigenvalue weighted by Gasteiger charge is 2.34. The largest absolute Gasteiger partial charge is 0.497 e. The van der Waals surface area contributed by atoms with Crippen molar-refractivity contribution in [2.75, 3.05) is 13.7 Å². The van der Waals surface area contributed by atoms with Crippen molar-refractivity contribution in [3.63, 3.8) is 0 Å². The first-order valence-electron chi connectivity index (χ1n) is 7.28. The van der Waals surface area contributed by atoms with E-state index in [1.165, 1.54) is 7.11 Å². The number of hydrogen-bond donors (Lipinski definition) is 0. The van der Waals surface area contributed by atoms with Gasteiger partial charge in [0.1, 0.15) is 17.4 Å². The van der Waals surface area contributed by atoms with Crippen LogP contribution < -0.4 is 4.74 Å². The van der Waals surface area contributed by atoms with Gasteiger partial charge in [0.05, 0.1) is 7.11 Å². The maximum Gasteiger partial charge on any atom is 0.223 e. The summed E-state index contributed by atoms with van der Waals surface area (Å²) in [6.45, 7) is 0.677. The summed E-state index contributed by atoms with van der Waals surface area (Å²) in [5, 5.41) is 0. The van der Waals surface area contributed by atoms with E-state index in [0.717, 1.165) is 17.7 Å². The first-order valence-corrected chi connectivity index (χ1v) is 7.28. The second-order valence-electron chi connectivity index (χ2n) is 5.54. The second kappa shape index (κ2) is 6.32. The van der Waals surface area contributed by atoms with Gasteiger partial charge in [-0.2, -0.15) is 0 Å². The molecule has 0 saturated carbocycles. The number of amides is 1. The molecule has 1 aromatic heterocycles. The van der Waals surface area contributed by atoms with Crippen molar-refractivity contribution < 1.29 is 18.3 Å². The molecule has 1 atom stereocenters. The van der Waals surface area contributed by atoms with Crippen molar-refractivity contribution in [3.05, 3.63) is 59.4 Å². The zero-order valence-electron chi connectivity index (χ0n) is 12.6. The monoisotopic (exact) mass is 318 g/mol. The van der Waals surface area contributed by atoms with E-state index in [2.05, 4.69) is 4.98 Å². The molecule has 1 unspecified atom stereocenters. The van der Waals surface area contributed by atoms with Crippen molar-refractivity contribution in [3.8, 4) is 5.75 Å². The molecular weight excluding hydrogens is 302 g/mol. The first-order chi connectivity index (χ1) is 11.1. The highest BCUT2D eigenvalue weighted by atomic mass is 19.1. The molecule has 6 heteroatoms. The molecule has 0 bridgehead atoms. The third kappa shape index (κ3) is 3.16. The average molecular weight is 318 g/mol. The number of rotatable bonds is 4. The van der Waals surface area contributed by atoms with Gasteiger partial charge in [0.25, 0.3) is 0 Å². The van der Waals surface area contributed by atoms with E-state index in [4.69, 9.17) is 4.74 Å². The van der Waals surface area contributed by atoms with Gasteiger partial charge in [-0.1, -0.05) is 6.07 Å². The Labute approximate surface area is 132 Å². The van der Waals surface area contributed by atoms with Gasteiger partial charge in [-0.05, 0) is 11.6 Å². The lowest BCUT2D eigenvalue weighted by Gasteiger charge is -2.17. The van der Waals surface area contributed by atoms with Crippen LogP contribution in [0.15, 0.2) is 36.7 Å². The van der Waals surface area contributed by atoms with Gasteiger partial charge in [-0.15, -0.1) is 0 Å². The molecular formula is C17H16F2N2O2. The van der Waals surface area contributed by atoms with Gasteiger partial charge >= 0.3 is 0 Å². The molecule has 1 saturated heterocycles. The number of carbonyl (C=O) groups excluding carboxylic acids is 1. The maximum absolute atomic E-state index is 14.2. The Morgan fingerprint density at radius 3 is 2.70 bits per heavy atom. The third-order valence-electron chi connectivity index (χ3n) is 4.01. The molecule has 0 N–H and O–H groups in total. The molecule has 1 aromatic carbocycles. The fourth-order valence-electron chi connectivity index (χ4n) is 2.90. The summed E-state index contributed by atoms with van der Waals surface area (Å²) < 4.78 is 33.2. The van der Waals surface area contributed by atoms with Crippen LogP contribution in [0.4, 0.5) is 8.78 Å². The van der Waals surface area contributed by atoms with Gasteiger partial charge in [0.2, 0.25) is 5.91 Å². The summed E-state index contributed by atoms with van der Waals surface area (Å²) >= 11 is 0. The molecule has 1 amide bonds. The van der Waals surface area contributed by atoms with E-state index >= 15 is 0 Å². The van der Waals surface area contributed by atoms with Crippen molar-refractivity contribution in [1.82, 2.24) is 9.88 Å². The van der Waals surface area contributed by atoms with Crippen molar-refractivity contribution >= 4 is 5.91 Å². The number of methoxy groups -OCH3 is 1. The van der Waals surface area contributed by atoms with Crippen LogP contribution in [0.5, 0.6) is 5.75 Å². The van der Waals surface area contributed by atoms with Crippen LogP contribution in [-0.4, -0.2) is 29.4 Å². The standard InChI is InChI=1S/C17H16F2N2O2/c1-23-13-6-14(18)17(15(19)7-13)12-5-16(22)21(10-12)9-11-3-2-4-20-8-11/h2-4,6-8,12H,5,9-10H2,1H3. The Balaban J connectivity index is 1.80. The van der Waals surface area contributed by atoms with Crippen LogP contribution in [0.2, 0.25) is 0 Å². The Kier molecular flexibility index (Phi) is 4.23. The highest BCUT2D eigenvalue weighted by molar-refractivity contribution is 5.79. The number of halogens is 2. The Hall–Kier alpha value is -2.50. The number of ether oxygens (including phenoxy) is 1. The minimum atomic E-state index is -0.678. The van der Waals surface area contributed by atoms with Crippen molar-refractivity contribution in [1.29, 1.82) is 0 Å². The first kappa shape index (κ1) is 15.4. The van der Waals surface area contributed by atoms with E-state index in [1.807, 2.05) is 6.07 Å². The smallest absolute Gasteiger partial charge is 0.223 e. The number of hydrogen-bond acceptors (Lipinski definition) is 3. The lowest BCUT2D eigenvalue weighted by molar-refractivity contribution is -0.128. The lowest BCUT2D eigenvalue weighted by atomic mass is 9.97. The zero-order valence-corrected chi connectivity index (χ0v) is 12.6. The van der Waals surface area contributed by atoms with Crippen molar-refractivity contribution in [2.45, 2.75) is 18.9 Å². The molecule has 1 aliphatic heterocycles. The van der Waals surface area contributed by atoms with Crippen LogP contribution >= 0.6 is 0 Å². The molecule has 1 aliphatic rings. The van der Waals surface area contributed by atoms with E-state index in [1.54, 1.807) is 23.4 Å². The number of likely N-dealkylation sites (tertiary alicyclic amines) is 1. The van der Waals surface area contributed by atoms with Crippen LogP contribution in [-0.2, 0) is 11.3 Å². The van der Waals surface area contributed by atoms with Gasteiger partial charge in [-0.25, -0.2) is 8.78 Å². The van der Waals surface area contributed by atoms with Crippen LogP contribution in [0.1, 0.15) is 23.5 Å². The third-order valence-corrected chi connectivity index (χ3v) is 4.01. The van der Waals surface area contributed by atoms with E-state index in [-0.39, 0.29) is 30.2 Å². The predicted molar refractivity (Wildman–Crippen MR) is 79.9 cm³/mol. The number of pyridine rings is 1. The van der Waals surface area contributed by atoms with E-state index in [0.29, 0.717) is 6.54 Å². The Bertz CT molecular complexity index is 699. The minimum absolute atomic E-state index is 0.0483. The van der Waals surface area contributed by atoms with Gasteiger partial charge in [0, 0.05) is 55.5 Å². The minimum Gasteiger partial charge on any atom is -0.497 e. The van der Waals surface area contributed by atoms with Gasteiger partial charge < -0.3 is 9.64 Å². The predicted octanol–water partition coefficient (Wildman–Crippen LogP) is 2.88. The summed E-state index contributed by atoms with van der Waals surface area (Å²) in [4.78, 5) is 17.8. The summed E-state index contributed by atoms with van der Waals surface area (Å²) in [6.07, 6.45) is 3.43. The maximum atomic E-state index is 14.2.